The lowest BCUT2D eigenvalue weighted by atomic mass is 9.55. The van der Waals surface area contributed by atoms with Crippen LogP contribution in [0, 0.1) is 17.8 Å². The molecule has 2 aliphatic carbocycles. The third-order valence-electron chi connectivity index (χ3n) is 10.8. The Morgan fingerprint density at radius 1 is 1.04 bits per heavy atom. The molecule has 1 heterocycles. The summed E-state index contributed by atoms with van der Waals surface area (Å²) in [5.41, 5.74) is 2.90. The number of aliphatic hydroxyl groups excluding tert-OH is 3. The van der Waals surface area contributed by atoms with Crippen LogP contribution in [0.3, 0.4) is 0 Å². The van der Waals surface area contributed by atoms with Crippen LogP contribution in [0.25, 0.3) is 0 Å². The molecule has 6 unspecified atom stereocenters. The van der Waals surface area contributed by atoms with Gasteiger partial charge in [0.05, 0.1) is 43.9 Å². The van der Waals surface area contributed by atoms with Crippen molar-refractivity contribution in [2.75, 3.05) is 65.3 Å². The topological polar surface area (TPSA) is 166 Å². The van der Waals surface area contributed by atoms with Gasteiger partial charge < -0.3 is 43.8 Å². The van der Waals surface area contributed by atoms with Crippen molar-refractivity contribution >= 4 is 29.7 Å². The number of unbranched alkanes of at least 4 members (excludes halogenated alkanes) is 2. The highest BCUT2D eigenvalue weighted by atomic mass is 35.5. The summed E-state index contributed by atoms with van der Waals surface area (Å²) in [7, 11) is 0. The summed E-state index contributed by atoms with van der Waals surface area (Å²) in [5.74, 6) is -0.558. The maximum atomic E-state index is 14.1. The number of carbonyl (C=O) groups excluding carboxylic acids is 2. The molecule has 0 saturated heterocycles. The highest BCUT2D eigenvalue weighted by Crippen LogP contribution is 2.62. The summed E-state index contributed by atoms with van der Waals surface area (Å²) in [5, 5.41) is 33.8. The van der Waals surface area contributed by atoms with Gasteiger partial charge in [-0.1, -0.05) is 42.3 Å². The average Bonchev–Trinajstić information content (AvgIpc) is 3.23. The lowest BCUT2D eigenvalue weighted by Crippen LogP contribution is -2.70. The Morgan fingerprint density at radius 3 is 2.54 bits per heavy atom. The molecule has 3 aliphatic rings. The molecular formula is C43H57ClN2O11. The van der Waals surface area contributed by atoms with E-state index >= 15 is 0 Å². The zero-order valence-corrected chi connectivity index (χ0v) is 33.5. The molecule has 0 aromatic heterocycles. The number of ether oxygens (including phenoxy) is 5. The minimum absolute atomic E-state index is 0.00335. The van der Waals surface area contributed by atoms with Gasteiger partial charge in [-0.15, -0.1) is 18.2 Å². The summed E-state index contributed by atoms with van der Waals surface area (Å²) in [6, 6.07) is 11.8. The number of hydrogen-bond acceptors (Lipinski definition) is 12. The van der Waals surface area contributed by atoms with Crippen molar-refractivity contribution in [1.82, 2.24) is 4.90 Å². The van der Waals surface area contributed by atoms with E-state index in [1.165, 1.54) is 0 Å². The van der Waals surface area contributed by atoms with E-state index in [1.807, 2.05) is 25.1 Å². The van der Waals surface area contributed by atoms with Crippen molar-refractivity contribution in [3.63, 3.8) is 0 Å². The summed E-state index contributed by atoms with van der Waals surface area (Å²) in [6.07, 6.45) is 8.63. The minimum Gasteiger partial charge on any atom is -0.459 e. The van der Waals surface area contributed by atoms with Gasteiger partial charge in [0.25, 0.3) is 0 Å². The first-order chi connectivity index (χ1) is 27.9. The molecule has 0 radical (unpaired) electrons. The molecule has 5 rings (SSSR count). The van der Waals surface area contributed by atoms with Crippen LogP contribution in [0.4, 0.5) is 4.79 Å². The molecule has 0 spiro atoms. The van der Waals surface area contributed by atoms with Crippen LogP contribution in [-0.4, -0.2) is 115 Å². The predicted molar refractivity (Wildman–Crippen MR) is 215 cm³/mol. The van der Waals surface area contributed by atoms with E-state index in [0.29, 0.717) is 48.0 Å². The molecule has 57 heavy (non-hydrogen) atoms. The van der Waals surface area contributed by atoms with Crippen molar-refractivity contribution in [2.24, 2.45) is 22.9 Å². The summed E-state index contributed by atoms with van der Waals surface area (Å²) in [4.78, 5) is 33.0. The van der Waals surface area contributed by atoms with Gasteiger partial charge in [-0.05, 0) is 80.3 Å². The Hall–Kier alpha value is -3.98. The Bertz CT molecular complexity index is 1690. The number of benzene rings is 2. The minimum atomic E-state index is -1.49. The van der Waals surface area contributed by atoms with Gasteiger partial charge >= 0.3 is 6.09 Å². The van der Waals surface area contributed by atoms with Crippen LogP contribution >= 0.6 is 11.6 Å². The van der Waals surface area contributed by atoms with Crippen LogP contribution in [-0.2, 0) is 19.0 Å². The monoisotopic (exact) mass is 812 g/mol. The van der Waals surface area contributed by atoms with E-state index in [4.69, 9.17) is 45.3 Å². The highest BCUT2D eigenvalue weighted by molar-refractivity contribution is 6.18. The summed E-state index contributed by atoms with van der Waals surface area (Å²) < 4.78 is 31.9. The van der Waals surface area contributed by atoms with Gasteiger partial charge in [0.1, 0.15) is 42.8 Å². The zero-order chi connectivity index (χ0) is 40.6. The fourth-order valence-electron chi connectivity index (χ4n) is 8.55. The van der Waals surface area contributed by atoms with Crippen molar-refractivity contribution in [2.45, 2.75) is 69.6 Å². The van der Waals surface area contributed by atoms with Gasteiger partial charge in [0.15, 0.2) is 0 Å². The number of oxime groups is 1. The number of halogens is 1. The molecule has 1 fully saturated rings. The second kappa shape index (κ2) is 22.2. The molecule has 0 bridgehead atoms. The van der Waals surface area contributed by atoms with E-state index in [0.717, 1.165) is 43.1 Å². The Kier molecular flexibility index (Phi) is 17.2. The first-order valence-electron chi connectivity index (χ1n) is 20.0. The van der Waals surface area contributed by atoms with Crippen molar-refractivity contribution < 1.29 is 53.4 Å². The van der Waals surface area contributed by atoms with Crippen LogP contribution in [0.5, 0.6) is 17.2 Å². The SMILES string of the molecule is C=CCOC12Oc3ccc(Oc4cccc(C=O)c4)cc3C3C(CCCCO)C(CCCCO)C=C(C(=NOCC)CC1N(CCOCCO)C(=O)OCCCl)C32. The summed E-state index contributed by atoms with van der Waals surface area (Å²) in [6.45, 7) is 6.44. The third kappa shape index (κ3) is 10.6. The maximum Gasteiger partial charge on any atom is 0.410 e. The van der Waals surface area contributed by atoms with Crippen molar-refractivity contribution in [3.05, 3.63) is 77.9 Å². The lowest BCUT2D eigenvalue weighted by Gasteiger charge is -2.59. The number of nitrogens with zero attached hydrogens (tertiary/aromatic N) is 2. The largest absolute Gasteiger partial charge is 0.459 e. The first kappa shape index (κ1) is 44.1. The molecular weight excluding hydrogens is 756 g/mol. The standard InChI is InChI=1S/C43H57ClN2O11/c1-3-21-54-43-39(46(17-23-52-24-20-49)42(51)53-22-16-44)28-37(45-55-4-2)35-26-31(11-5-7-18-47)34(13-6-8-19-48)40(41(35)43)36-27-33(14-15-38(36)57-43)56-32-12-9-10-30(25-32)29-50/h3,9-10,12,14-15,25-27,29,31,34,39-41,47-49H,1,4-8,11,13,16-24,28H2,2H3. The van der Waals surface area contributed by atoms with Crippen molar-refractivity contribution in [3.8, 4) is 17.2 Å². The third-order valence-corrected chi connectivity index (χ3v) is 11.0. The van der Waals surface area contributed by atoms with E-state index in [-0.39, 0.29) is 82.8 Å². The van der Waals surface area contributed by atoms with E-state index in [9.17, 15) is 24.9 Å². The van der Waals surface area contributed by atoms with Gasteiger partial charge in [-0.3, -0.25) is 9.69 Å². The molecule has 3 N–H and O–H groups in total. The Morgan fingerprint density at radius 2 is 1.82 bits per heavy atom. The average molecular weight is 813 g/mol. The number of amides is 1. The van der Waals surface area contributed by atoms with Gasteiger partial charge in [0.2, 0.25) is 5.79 Å². The molecule has 1 amide bonds. The number of allylic oxidation sites excluding steroid dienone is 1. The fourth-order valence-corrected chi connectivity index (χ4v) is 8.63. The smallest absolute Gasteiger partial charge is 0.410 e. The fraction of sp³-hybridized carbons (Fsp3) is 0.558. The highest BCUT2D eigenvalue weighted by Gasteiger charge is 2.65. The Labute approximate surface area is 340 Å². The number of hydrogen-bond donors (Lipinski definition) is 3. The van der Waals surface area contributed by atoms with Crippen molar-refractivity contribution in [1.29, 1.82) is 0 Å². The molecule has 6 atom stereocenters. The van der Waals surface area contributed by atoms with Gasteiger partial charge in [-0.2, -0.15) is 0 Å². The molecule has 14 heteroatoms. The van der Waals surface area contributed by atoms with E-state index in [2.05, 4.69) is 12.7 Å². The second-order valence-corrected chi connectivity index (χ2v) is 14.7. The Balaban J connectivity index is 1.76. The van der Waals surface area contributed by atoms with Crippen LogP contribution < -0.4 is 9.47 Å². The lowest BCUT2D eigenvalue weighted by molar-refractivity contribution is -0.256. The maximum absolute atomic E-state index is 14.1. The second-order valence-electron chi connectivity index (χ2n) is 14.3. The van der Waals surface area contributed by atoms with Crippen LogP contribution in [0.2, 0.25) is 0 Å². The molecule has 2 aromatic rings. The normalized spacial score (nSPS) is 24.1. The van der Waals surface area contributed by atoms with E-state index in [1.54, 1.807) is 35.2 Å². The molecule has 1 saturated carbocycles. The molecule has 312 valence electrons. The van der Waals surface area contributed by atoms with Gasteiger partial charge in [-0.25, -0.2) is 4.79 Å². The first-order valence-corrected chi connectivity index (χ1v) is 20.5. The molecule has 13 nitrogen and oxygen atoms in total. The summed E-state index contributed by atoms with van der Waals surface area (Å²) >= 11 is 5.99. The number of carbonyl (C=O) groups is 2. The number of aliphatic hydroxyl groups is 3. The number of fused-ring (bicyclic) bond motifs is 2. The predicted octanol–water partition coefficient (Wildman–Crippen LogP) is 6.63. The molecule has 1 aliphatic heterocycles. The number of rotatable bonds is 24. The quantitative estimate of drug-likeness (QED) is 0.0343. The number of aldehydes is 1. The van der Waals surface area contributed by atoms with E-state index < -0.39 is 23.8 Å². The van der Waals surface area contributed by atoms with Gasteiger partial charge in [0, 0.05) is 43.2 Å². The zero-order valence-electron chi connectivity index (χ0n) is 32.8. The van der Waals surface area contributed by atoms with Crippen LogP contribution in [0.15, 0.2) is 71.9 Å². The van der Waals surface area contributed by atoms with Crippen LogP contribution in [0.1, 0.15) is 73.7 Å². The number of alkyl halides is 1. The molecule has 2 aromatic carbocycles.